The molecule has 0 amide bonds. The summed E-state index contributed by atoms with van der Waals surface area (Å²) in [6, 6.07) is 5.96. The summed E-state index contributed by atoms with van der Waals surface area (Å²) < 4.78 is 11.1. The highest BCUT2D eigenvalue weighted by molar-refractivity contribution is 5.40. The van der Waals surface area contributed by atoms with Crippen molar-refractivity contribution in [2.45, 2.75) is 39.2 Å². The van der Waals surface area contributed by atoms with E-state index in [2.05, 4.69) is 12.2 Å². The van der Waals surface area contributed by atoms with E-state index in [1.165, 1.54) is 19.3 Å². The Balaban J connectivity index is 2.52. The summed E-state index contributed by atoms with van der Waals surface area (Å²) >= 11 is 0. The smallest absolute Gasteiger partial charge is 0.124 e. The summed E-state index contributed by atoms with van der Waals surface area (Å²) in [4.78, 5) is 0. The van der Waals surface area contributed by atoms with Crippen LogP contribution in [-0.4, -0.2) is 20.8 Å². The fourth-order valence-electron chi connectivity index (χ4n) is 1.86. The molecule has 3 nitrogen and oxygen atoms in total. The van der Waals surface area contributed by atoms with Gasteiger partial charge in [0, 0.05) is 12.1 Å². The average Bonchev–Trinajstić information content (AvgIpc) is 2.40. The summed E-state index contributed by atoms with van der Waals surface area (Å²) in [5, 5.41) is 3.15. The van der Waals surface area contributed by atoms with Crippen molar-refractivity contribution in [3.05, 3.63) is 23.8 Å². The van der Waals surface area contributed by atoms with E-state index >= 15 is 0 Å². The number of hydrogen-bond donors (Lipinski definition) is 1. The Labute approximate surface area is 110 Å². The van der Waals surface area contributed by atoms with Crippen molar-refractivity contribution in [2.75, 3.05) is 20.8 Å². The first-order chi connectivity index (χ1) is 8.81. The molecule has 0 aliphatic heterocycles. The van der Waals surface area contributed by atoms with Gasteiger partial charge in [-0.1, -0.05) is 26.2 Å². The lowest BCUT2D eigenvalue weighted by atomic mass is 10.2. The Kier molecular flexibility index (Phi) is 7.26. The van der Waals surface area contributed by atoms with Gasteiger partial charge >= 0.3 is 0 Å². The van der Waals surface area contributed by atoms with Gasteiger partial charge in [-0.25, -0.2) is 0 Å². The van der Waals surface area contributed by atoms with Crippen LogP contribution >= 0.6 is 0 Å². The van der Waals surface area contributed by atoms with Crippen molar-refractivity contribution < 1.29 is 9.47 Å². The van der Waals surface area contributed by atoms with Crippen molar-refractivity contribution in [3.63, 3.8) is 0 Å². The standard InChI is InChI=1S/C15H25NO2/c1-4-5-6-7-10-18-15-9-8-14(17-3)11-13(15)12-16-2/h8-9,11,16H,4-7,10,12H2,1-3H3. The van der Waals surface area contributed by atoms with E-state index in [0.717, 1.165) is 36.6 Å². The second-order valence-corrected chi connectivity index (χ2v) is 4.41. The molecule has 0 heterocycles. The highest BCUT2D eigenvalue weighted by atomic mass is 16.5. The predicted octanol–water partition coefficient (Wildman–Crippen LogP) is 3.37. The largest absolute Gasteiger partial charge is 0.497 e. The van der Waals surface area contributed by atoms with Gasteiger partial charge in [0.1, 0.15) is 11.5 Å². The molecule has 1 rings (SSSR count). The second-order valence-electron chi connectivity index (χ2n) is 4.41. The van der Waals surface area contributed by atoms with Gasteiger partial charge in [-0.05, 0) is 31.7 Å². The number of rotatable bonds is 9. The van der Waals surface area contributed by atoms with Crippen molar-refractivity contribution in [1.82, 2.24) is 5.32 Å². The molecule has 0 aliphatic rings. The lowest BCUT2D eigenvalue weighted by molar-refractivity contribution is 0.301. The van der Waals surface area contributed by atoms with E-state index in [-0.39, 0.29) is 0 Å². The van der Waals surface area contributed by atoms with Crippen LogP contribution in [0.15, 0.2) is 18.2 Å². The lowest BCUT2D eigenvalue weighted by Gasteiger charge is -2.12. The zero-order chi connectivity index (χ0) is 13.2. The molecule has 0 fully saturated rings. The molecule has 0 aromatic heterocycles. The van der Waals surface area contributed by atoms with E-state index in [1.807, 2.05) is 25.2 Å². The van der Waals surface area contributed by atoms with Crippen LogP contribution in [0.4, 0.5) is 0 Å². The molecule has 3 heteroatoms. The van der Waals surface area contributed by atoms with Gasteiger partial charge < -0.3 is 14.8 Å². The molecule has 1 aromatic carbocycles. The number of unbranched alkanes of at least 4 members (excludes halogenated alkanes) is 3. The van der Waals surface area contributed by atoms with E-state index in [0.29, 0.717) is 0 Å². The molecule has 0 atom stereocenters. The van der Waals surface area contributed by atoms with Gasteiger partial charge in [0.05, 0.1) is 13.7 Å². The highest BCUT2D eigenvalue weighted by Crippen LogP contribution is 2.24. The predicted molar refractivity (Wildman–Crippen MR) is 75.4 cm³/mol. The number of methoxy groups -OCH3 is 1. The Morgan fingerprint density at radius 3 is 2.67 bits per heavy atom. The summed E-state index contributed by atoms with van der Waals surface area (Å²) in [5.74, 6) is 1.83. The first kappa shape index (κ1) is 14.8. The minimum atomic E-state index is 0.793. The molecule has 0 bridgehead atoms. The number of nitrogens with one attached hydrogen (secondary N) is 1. The fraction of sp³-hybridized carbons (Fsp3) is 0.600. The molecular formula is C15H25NO2. The molecular weight excluding hydrogens is 226 g/mol. The van der Waals surface area contributed by atoms with Crippen molar-refractivity contribution >= 4 is 0 Å². The molecule has 0 unspecified atom stereocenters. The number of benzene rings is 1. The molecule has 1 N–H and O–H groups in total. The van der Waals surface area contributed by atoms with Crippen LogP contribution in [0.3, 0.4) is 0 Å². The van der Waals surface area contributed by atoms with Crippen LogP contribution in [0.25, 0.3) is 0 Å². The summed E-state index contributed by atoms with van der Waals surface area (Å²) in [6.07, 6.45) is 4.91. The van der Waals surface area contributed by atoms with E-state index < -0.39 is 0 Å². The maximum Gasteiger partial charge on any atom is 0.124 e. The Morgan fingerprint density at radius 1 is 1.17 bits per heavy atom. The summed E-state index contributed by atoms with van der Waals surface area (Å²) in [6.45, 7) is 3.81. The van der Waals surface area contributed by atoms with Crippen LogP contribution in [0.1, 0.15) is 38.2 Å². The van der Waals surface area contributed by atoms with Crippen LogP contribution < -0.4 is 14.8 Å². The van der Waals surface area contributed by atoms with E-state index in [4.69, 9.17) is 9.47 Å². The van der Waals surface area contributed by atoms with Gasteiger partial charge in [0.25, 0.3) is 0 Å². The fourth-order valence-corrected chi connectivity index (χ4v) is 1.86. The Hall–Kier alpha value is -1.22. The first-order valence-corrected chi connectivity index (χ1v) is 6.76. The van der Waals surface area contributed by atoms with Crippen molar-refractivity contribution in [1.29, 1.82) is 0 Å². The van der Waals surface area contributed by atoms with E-state index in [9.17, 15) is 0 Å². The maximum atomic E-state index is 5.84. The Morgan fingerprint density at radius 2 is 2.00 bits per heavy atom. The average molecular weight is 251 g/mol. The maximum absolute atomic E-state index is 5.84. The molecule has 1 aromatic rings. The first-order valence-electron chi connectivity index (χ1n) is 6.76. The minimum absolute atomic E-state index is 0.793. The summed E-state index contributed by atoms with van der Waals surface area (Å²) in [7, 11) is 3.62. The molecule has 18 heavy (non-hydrogen) atoms. The van der Waals surface area contributed by atoms with Crippen molar-refractivity contribution in [3.8, 4) is 11.5 Å². The van der Waals surface area contributed by atoms with E-state index in [1.54, 1.807) is 7.11 Å². The van der Waals surface area contributed by atoms with Crippen molar-refractivity contribution in [2.24, 2.45) is 0 Å². The minimum Gasteiger partial charge on any atom is -0.497 e. The third-order valence-electron chi connectivity index (χ3n) is 2.89. The van der Waals surface area contributed by atoms with Crippen LogP contribution in [0.5, 0.6) is 11.5 Å². The zero-order valence-corrected chi connectivity index (χ0v) is 11.8. The topological polar surface area (TPSA) is 30.5 Å². The summed E-state index contributed by atoms with van der Waals surface area (Å²) in [5.41, 5.74) is 1.15. The molecule has 102 valence electrons. The van der Waals surface area contributed by atoms with Crippen LogP contribution in [-0.2, 0) is 6.54 Å². The quantitative estimate of drug-likeness (QED) is 0.683. The highest BCUT2D eigenvalue weighted by Gasteiger charge is 2.05. The molecule has 0 spiro atoms. The molecule has 0 aliphatic carbocycles. The molecule has 0 saturated heterocycles. The lowest BCUT2D eigenvalue weighted by Crippen LogP contribution is -2.08. The number of ether oxygens (including phenoxy) is 2. The zero-order valence-electron chi connectivity index (χ0n) is 11.8. The van der Waals surface area contributed by atoms with Gasteiger partial charge in [0.2, 0.25) is 0 Å². The van der Waals surface area contributed by atoms with Gasteiger partial charge in [-0.15, -0.1) is 0 Å². The third-order valence-corrected chi connectivity index (χ3v) is 2.89. The van der Waals surface area contributed by atoms with Gasteiger partial charge in [-0.3, -0.25) is 0 Å². The normalized spacial score (nSPS) is 10.4. The third kappa shape index (κ3) is 4.96. The van der Waals surface area contributed by atoms with Crippen LogP contribution in [0.2, 0.25) is 0 Å². The Bertz CT molecular complexity index is 339. The molecule has 0 radical (unpaired) electrons. The van der Waals surface area contributed by atoms with Gasteiger partial charge in [0.15, 0.2) is 0 Å². The van der Waals surface area contributed by atoms with Gasteiger partial charge in [-0.2, -0.15) is 0 Å². The second kappa shape index (κ2) is 8.81. The molecule has 0 saturated carbocycles. The van der Waals surface area contributed by atoms with Crippen LogP contribution in [0, 0.1) is 0 Å². The monoisotopic (exact) mass is 251 g/mol. The number of hydrogen-bond acceptors (Lipinski definition) is 3. The SMILES string of the molecule is CCCCCCOc1ccc(OC)cc1CNC.